The highest BCUT2D eigenvalue weighted by Gasteiger charge is 2.19. The summed E-state index contributed by atoms with van der Waals surface area (Å²) in [7, 11) is 0. The van der Waals surface area contributed by atoms with E-state index < -0.39 is 5.97 Å². The van der Waals surface area contributed by atoms with Crippen molar-refractivity contribution in [1.82, 2.24) is 0 Å². The van der Waals surface area contributed by atoms with Crippen LogP contribution in [-0.2, 0) is 17.6 Å². The first-order chi connectivity index (χ1) is 13.6. The highest BCUT2D eigenvalue weighted by Crippen LogP contribution is 2.29. The molecule has 0 amide bonds. The van der Waals surface area contributed by atoms with Crippen LogP contribution in [0.4, 0.5) is 0 Å². The lowest BCUT2D eigenvalue weighted by Gasteiger charge is -2.06. The number of hydrogen-bond acceptors (Lipinski definition) is 5. The Kier molecular flexibility index (Phi) is 4.98. The number of esters is 1. The van der Waals surface area contributed by atoms with Crippen LogP contribution in [-0.4, -0.2) is 12.6 Å². The molecule has 0 fully saturated rings. The predicted octanol–water partition coefficient (Wildman–Crippen LogP) is 4.30. The van der Waals surface area contributed by atoms with Crippen LogP contribution in [0, 0.1) is 0 Å². The predicted molar refractivity (Wildman–Crippen MR) is 107 cm³/mol. The molecule has 0 saturated carbocycles. The van der Waals surface area contributed by atoms with Gasteiger partial charge in [-0.25, -0.2) is 9.59 Å². The molecule has 5 nitrogen and oxygen atoms in total. The van der Waals surface area contributed by atoms with Crippen molar-refractivity contribution in [2.45, 2.75) is 26.2 Å². The Morgan fingerprint density at radius 3 is 2.61 bits per heavy atom. The minimum absolute atomic E-state index is 0.293. The van der Waals surface area contributed by atoms with Gasteiger partial charge in [-0.15, -0.1) is 0 Å². The summed E-state index contributed by atoms with van der Waals surface area (Å²) in [5.41, 5.74) is 2.85. The van der Waals surface area contributed by atoms with Crippen LogP contribution in [0.15, 0.2) is 57.8 Å². The van der Waals surface area contributed by atoms with E-state index in [1.54, 1.807) is 18.2 Å². The molecule has 1 aliphatic carbocycles. The van der Waals surface area contributed by atoms with E-state index in [0.29, 0.717) is 17.9 Å². The van der Waals surface area contributed by atoms with Crippen LogP contribution in [0.2, 0.25) is 0 Å². The van der Waals surface area contributed by atoms with Crippen molar-refractivity contribution in [3.63, 3.8) is 0 Å². The van der Waals surface area contributed by atoms with Gasteiger partial charge < -0.3 is 13.9 Å². The maximum absolute atomic E-state index is 12.1. The molecule has 1 aliphatic rings. The SMILES string of the molecule is CCOc1ccc(/C=C/C(=O)Oc2ccc3c4c(c(=O)oc3c2)CCC4)cc1. The number of carbonyl (C=O) groups is 1. The van der Waals surface area contributed by atoms with Gasteiger partial charge in [0.25, 0.3) is 0 Å². The Morgan fingerprint density at radius 2 is 1.82 bits per heavy atom. The molecule has 0 spiro atoms. The van der Waals surface area contributed by atoms with E-state index in [9.17, 15) is 9.59 Å². The fraction of sp³-hybridized carbons (Fsp3) is 0.217. The van der Waals surface area contributed by atoms with E-state index in [-0.39, 0.29) is 5.63 Å². The summed E-state index contributed by atoms with van der Waals surface area (Å²) in [4.78, 5) is 24.2. The second kappa shape index (κ2) is 7.72. The molecule has 142 valence electrons. The van der Waals surface area contributed by atoms with Crippen LogP contribution in [0.3, 0.4) is 0 Å². The number of hydrogen-bond donors (Lipinski definition) is 0. The van der Waals surface area contributed by atoms with Gasteiger partial charge in [0.2, 0.25) is 0 Å². The highest BCUT2D eigenvalue weighted by atomic mass is 16.5. The molecule has 1 aromatic heterocycles. The summed E-state index contributed by atoms with van der Waals surface area (Å²) < 4.78 is 16.2. The topological polar surface area (TPSA) is 65.7 Å². The lowest BCUT2D eigenvalue weighted by Crippen LogP contribution is -2.07. The van der Waals surface area contributed by atoms with E-state index in [4.69, 9.17) is 13.9 Å². The molecule has 0 radical (unpaired) electrons. The van der Waals surface area contributed by atoms with Gasteiger partial charge in [0.05, 0.1) is 6.61 Å². The molecular weight excluding hydrogens is 356 g/mol. The summed E-state index contributed by atoms with van der Waals surface area (Å²) in [6.45, 7) is 2.53. The fourth-order valence-corrected chi connectivity index (χ4v) is 3.48. The average Bonchev–Trinajstić information content (AvgIpc) is 3.18. The van der Waals surface area contributed by atoms with Gasteiger partial charge in [-0.2, -0.15) is 0 Å². The largest absolute Gasteiger partial charge is 0.494 e. The monoisotopic (exact) mass is 376 g/mol. The molecule has 5 heteroatoms. The van der Waals surface area contributed by atoms with Crippen LogP contribution in [0.1, 0.15) is 30.0 Å². The number of rotatable bonds is 5. The zero-order chi connectivity index (χ0) is 19.5. The van der Waals surface area contributed by atoms with Gasteiger partial charge in [-0.3, -0.25) is 0 Å². The summed E-state index contributed by atoms with van der Waals surface area (Å²) in [6.07, 6.45) is 5.64. The Hall–Kier alpha value is -3.34. The maximum atomic E-state index is 12.1. The number of carbonyl (C=O) groups excluding carboxylic acids is 1. The second-order valence-corrected chi connectivity index (χ2v) is 6.61. The summed E-state index contributed by atoms with van der Waals surface area (Å²) in [5, 5.41) is 0.914. The molecule has 0 bridgehead atoms. The van der Waals surface area contributed by atoms with E-state index in [1.165, 1.54) is 6.08 Å². The minimum atomic E-state index is -0.503. The lowest BCUT2D eigenvalue weighted by atomic mass is 10.1. The number of benzene rings is 2. The molecule has 28 heavy (non-hydrogen) atoms. The van der Waals surface area contributed by atoms with E-state index in [2.05, 4.69) is 0 Å². The normalized spacial score (nSPS) is 13.0. The third-order valence-electron chi connectivity index (χ3n) is 4.77. The zero-order valence-electron chi connectivity index (χ0n) is 15.6. The van der Waals surface area contributed by atoms with Gasteiger partial charge in [0.15, 0.2) is 0 Å². The average molecular weight is 376 g/mol. The van der Waals surface area contributed by atoms with Crippen molar-refractivity contribution in [1.29, 1.82) is 0 Å². The molecule has 4 rings (SSSR count). The van der Waals surface area contributed by atoms with Crippen LogP contribution in [0.25, 0.3) is 17.0 Å². The number of ether oxygens (including phenoxy) is 2. The number of fused-ring (bicyclic) bond motifs is 3. The molecule has 0 unspecified atom stereocenters. The van der Waals surface area contributed by atoms with Crippen molar-refractivity contribution in [3.05, 3.63) is 75.7 Å². The molecule has 1 heterocycles. The highest BCUT2D eigenvalue weighted by molar-refractivity contribution is 5.90. The van der Waals surface area contributed by atoms with Crippen LogP contribution < -0.4 is 15.1 Å². The minimum Gasteiger partial charge on any atom is -0.494 e. The van der Waals surface area contributed by atoms with Crippen LogP contribution in [0.5, 0.6) is 11.5 Å². The fourth-order valence-electron chi connectivity index (χ4n) is 3.48. The van der Waals surface area contributed by atoms with Crippen LogP contribution >= 0.6 is 0 Å². The first kappa shape index (κ1) is 18.0. The van der Waals surface area contributed by atoms with Gasteiger partial charge in [-0.1, -0.05) is 12.1 Å². The zero-order valence-corrected chi connectivity index (χ0v) is 15.6. The number of aryl methyl sites for hydroxylation is 1. The Labute approximate surface area is 162 Å². The molecule has 2 aromatic carbocycles. The quantitative estimate of drug-likeness (QED) is 0.287. The smallest absolute Gasteiger partial charge is 0.339 e. The van der Waals surface area contributed by atoms with Gasteiger partial charge >= 0.3 is 11.6 Å². The van der Waals surface area contributed by atoms with Crippen molar-refractivity contribution in [3.8, 4) is 11.5 Å². The molecule has 0 N–H and O–H groups in total. The maximum Gasteiger partial charge on any atom is 0.339 e. The van der Waals surface area contributed by atoms with Crippen molar-refractivity contribution < 1.29 is 18.7 Å². The first-order valence-electron chi connectivity index (χ1n) is 9.35. The van der Waals surface area contributed by atoms with Crippen molar-refractivity contribution >= 4 is 23.0 Å². The second-order valence-electron chi connectivity index (χ2n) is 6.61. The van der Waals surface area contributed by atoms with Crippen molar-refractivity contribution in [2.24, 2.45) is 0 Å². The first-order valence-corrected chi connectivity index (χ1v) is 9.35. The van der Waals surface area contributed by atoms with Crippen molar-refractivity contribution in [2.75, 3.05) is 6.61 Å². The van der Waals surface area contributed by atoms with Gasteiger partial charge in [0.1, 0.15) is 17.1 Å². The van der Waals surface area contributed by atoms with E-state index in [1.807, 2.05) is 37.3 Å². The van der Waals surface area contributed by atoms with Gasteiger partial charge in [0, 0.05) is 23.1 Å². The molecular formula is C23H20O5. The third-order valence-corrected chi connectivity index (χ3v) is 4.77. The molecule has 3 aromatic rings. The summed E-state index contributed by atoms with van der Waals surface area (Å²) in [5.74, 6) is 0.623. The van der Waals surface area contributed by atoms with E-state index in [0.717, 1.165) is 47.1 Å². The summed E-state index contributed by atoms with van der Waals surface area (Å²) >= 11 is 0. The molecule has 0 atom stereocenters. The molecule has 0 saturated heterocycles. The Morgan fingerprint density at radius 1 is 1.07 bits per heavy atom. The van der Waals surface area contributed by atoms with Gasteiger partial charge in [-0.05, 0) is 67.7 Å². The molecule has 0 aliphatic heterocycles. The Balaban J connectivity index is 1.49. The summed E-state index contributed by atoms with van der Waals surface area (Å²) in [6, 6.07) is 12.6. The standard InChI is InChI=1S/C23H20O5/c1-2-26-16-9-6-15(7-10-16)8-13-22(24)27-17-11-12-19-18-4-3-5-20(18)23(25)28-21(19)14-17/h6-14H,2-5H2,1H3/b13-8+. The lowest BCUT2D eigenvalue weighted by molar-refractivity contribution is -0.128. The third kappa shape index (κ3) is 3.69. The Bertz CT molecular complexity index is 1110. The van der Waals surface area contributed by atoms with E-state index >= 15 is 0 Å².